The van der Waals surface area contributed by atoms with Gasteiger partial charge in [0.05, 0.1) is 13.2 Å². The number of hydrogen-bond donors (Lipinski definition) is 1. The third kappa shape index (κ3) is 4.02. The van der Waals surface area contributed by atoms with Crippen molar-refractivity contribution in [3.63, 3.8) is 0 Å². The molecule has 1 heterocycles. The minimum absolute atomic E-state index is 0.150. The summed E-state index contributed by atoms with van der Waals surface area (Å²) in [6, 6.07) is 4.55. The third-order valence-electron chi connectivity index (χ3n) is 3.98. The van der Waals surface area contributed by atoms with Crippen molar-refractivity contribution >= 4 is 5.91 Å². The van der Waals surface area contributed by atoms with Crippen LogP contribution in [0.2, 0.25) is 0 Å². The SMILES string of the molecule is Cc1ccc(C(=O)NCC(C)(C)N2CCOCC2)cc1F. The van der Waals surface area contributed by atoms with E-state index >= 15 is 0 Å². The largest absolute Gasteiger partial charge is 0.379 e. The summed E-state index contributed by atoms with van der Waals surface area (Å²) in [5.74, 6) is -0.592. The molecule has 1 fully saturated rings. The predicted octanol–water partition coefficient (Wildman–Crippen LogP) is 1.97. The van der Waals surface area contributed by atoms with Crippen LogP contribution in [0.5, 0.6) is 0 Å². The van der Waals surface area contributed by atoms with Gasteiger partial charge in [-0.15, -0.1) is 0 Å². The minimum Gasteiger partial charge on any atom is -0.379 e. The summed E-state index contributed by atoms with van der Waals surface area (Å²) in [6.07, 6.45) is 0. The fourth-order valence-electron chi connectivity index (χ4n) is 2.41. The van der Waals surface area contributed by atoms with E-state index in [1.54, 1.807) is 19.1 Å². The second-order valence-electron chi connectivity index (χ2n) is 6.06. The van der Waals surface area contributed by atoms with E-state index < -0.39 is 0 Å². The molecular formula is C16H23FN2O2. The molecule has 0 aliphatic carbocycles. The smallest absolute Gasteiger partial charge is 0.251 e. The molecule has 1 aliphatic rings. The Hall–Kier alpha value is -1.46. The molecule has 4 nitrogen and oxygen atoms in total. The highest BCUT2D eigenvalue weighted by atomic mass is 19.1. The molecule has 1 amide bonds. The number of halogens is 1. The van der Waals surface area contributed by atoms with Crippen molar-refractivity contribution in [1.29, 1.82) is 0 Å². The summed E-state index contributed by atoms with van der Waals surface area (Å²) in [5.41, 5.74) is 0.749. The number of ether oxygens (including phenoxy) is 1. The second-order valence-corrected chi connectivity index (χ2v) is 6.06. The molecule has 0 atom stereocenters. The summed E-state index contributed by atoms with van der Waals surface area (Å²) < 4.78 is 18.8. The van der Waals surface area contributed by atoms with E-state index in [-0.39, 0.29) is 17.3 Å². The Balaban J connectivity index is 1.94. The Morgan fingerprint density at radius 2 is 2.05 bits per heavy atom. The predicted molar refractivity (Wildman–Crippen MR) is 79.9 cm³/mol. The lowest BCUT2D eigenvalue weighted by Crippen LogP contribution is -2.55. The fraction of sp³-hybridized carbons (Fsp3) is 0.562. The molecule has 1 N–H and O–H groups in total. The first-order valence-electron chi connectivity index (χ1n) is 7.27. The number of hydrogen-bond acceptors (Lipinski definition) is 3. The Morgan fingerprint density at radius 1 is 1.38 bits per heavy atom. The van der Waals surface area contributed by atoms with Crippen molar-refractivity contribution in [2.24, 2.45) is 0 Å². The molecule has 1 saturated heterocycles. The zero-order valence-corrected chi connectivity index (χ0v) is 12.9. The highest BCUT2D eigenvalue weighted by Gasteiger charge is 2.28. The first-order valence-corrected chi connectivity index (χ1v) is 7.27. The molecule has 0 saturated carbocycles. The molecule has 1 aromatic rings. The zero-order chi connectivity index (χ0) is 15.5. The van der Waals surface area contributed by atoms with Crippen molar-refractivity contribution in [3.05, 3.63) is 35.1 Å². The molecule has 0 aromatic heterocycles. The molecule has 2 rings (SSSR count). The fourth-order valence-corrected chi connectivity index (χ4v) is 2.41. The molecule has 0 radical (unpaired) electrons. The first kappa shape index (κ1) is 15.9. The average Bonchev–Trinajstić information content (AvgIpc) is 2.48. The van der Waals surface area contributed by atoms with Crippen LogP contribution in [-0.2, 0) is 4.74 Å². The van der Waals surface area contributed by atoms with Gasteiger partial charge in [-0.25, -0.2) is 4.39 Å². The number of morpholine rings is 1. The van der Waals surface area contributed by atoms with Crippen LogP contribution in [0, 0.1) is 12.7 Å². The van der Waals surface area contributed by atoms with E-state index in [0.29, 0.717) is 17.7 Å². The molecule has 1 aliphatic heterocycles. The molecule has 0 bridgehead atoms. The van der Waals surface area contributed by atoms with Gasteiger partial charge in [0.25, 0.3) is 5.91 Å². The Kier molecular flexibility index (Phi) is 4.96. The van der Waals surface area contributed by atoms with Crippen molar-refractivity contribution in [2.75, 3.05) is 32.8 Å². The maximum absolute atomic E-state index is 13.5. The van der Waals surface area contributed by atoms with E-state index in [1.807, 2.05) is 0 Å². The number of nitrogens with one attached hydrogen (secondary N) is 1. The molecular weight excluding hydrogens is 271 g/mol. The Labute approximate surface area is 125 Å². The van der Waals surface area contributed by atoms with Gasteiger partial charge >= 0.3 is 0 Å². The highest BCUT2D eigenvalue weighted by molar-refractivity contribution is 5.94. The molecule has 0 unspecified atom stereocenters. The normalized spacial score (nSPS) is 16.8. The van der Waals surface area contributed by atoms with Gasteiger partial charge in [0, 0.05) is 30.7 Å². The monoisotopic (exact) mass is 294 g/mol. The highest BCUT2D eigenvalue weighted by Crippen LogP contribution is 2.15. The second kappa shape index (κ2) is 6.54. The molecule has 5 heteroatoms. The first-order chi connectivity index (χ1) is 9.90. The van der Waals surface area contributed by atoms with E-state index in [1.165, 1.54) is 6.07 Å². The van der Waals surface area contributed by atoms with Crippen LogP contribution in [0.25, 0.3) is 0 Å². The lowest BCUT2D eigenvalue weighted by molar-refractivity contribution is -0.00923. The summed E-state index contributed by atoms with van der Waals surface area (Å²) in [7, 11) is 0. The van der Waals surface area contributed by atoms with Crippen LogP contribution in [0.15, 0.2) is 18.2 Å². The Morgan fingerprint density at radius 3 is 2.67 bits per heavy atom. The lowest BCUT2D eigenvalue weighted by atomic mass is 10.0. The molecule has 21 heavy (non-hydrogen) atoms. The van der Waals surface area contributed by atoms with Crippen LogP contribution >= 0.6 is 0 Å². The van der Waals surface area contributed by atoms with Gasteiger partial charge in [-0.3, -0.25) is 9.69 Å². The number of nitrogens with zero attached hydrogens (tertiary/aromatic N) is 1. The zero-order valence-electron chi connectivity index (χ0n) is 12.9. The van der Waals surface area contributed by atoms with Gasteiger partial charge in [-0.2, -0.15) is 0 Å². The standard InChI is InChI=1S/C16H23FN2O2/c1-12-4-5-13(10-14(12)17)15(20)18-11-16(2,3)19-6-8-21-9-7-19/h4-5,10H,6-9,11H2,1-3H3,(H,18,20). The molecule has 1 aromatic carbocycles. The van der Waals surface area contributed by atoms with E-state index in [0.717, 1.165) is 26.3 Å². The van der Waals surface area contributed by atoms with E-state index in [4.69, 9.17) is 4.74 Å². The summed E-state index contributed by atoms with van der Waals surface area (Å²) in [5, 5.41) is 2.90. The van der Waals surface area contributed by atoms with Gasteiger partial charge in [-0.05, 0) is 38.5 Å². The number of aryl methyl sites for hydroxylation is 1. The molecule has 116 valence electrons. The summed E-state index contributed by atoms with van der Waals surface area (Å²) in [4.78, 5) is 14.4. The van der Waals surface area contributed by atoms with Gasteiger partial charge < -0.3 is 10.1 Å². The van der Waals surface area contributed by atoms with Crippen molar-refractivity contribution in [3.8, 4) is 0 Å². The number of carbonyl (C=O) groups excluding carboxylic acids is 1. The topological polar surface area (TPSA) is 41.6 Å². The quantitative estimate of drug-likeness (QED) is 0.923. The van der Waals surface area contributed by atoms with Crippen LogP contribution in [0.4, 0.5) is 4.39 Å². The van der Waals surface area contributed by atoms with Crippen LogP contribution in [0.3, 0.4) is 0 Å². The minimum atomic E-state index is -0.352. The van der Waals surface area contributed by atoms with Crippen LogP contribution in [-0.4, -0.2) is 49.2 Å². The number of benzene rings is 1. The van der Waals surface area contributed by atoms with E-state index in [9.17, 15) is 9.18 Å². The van der Waals surface area contributed by atoms with Crippen LogP contribution < -0.4 is 5.32 Å². The Bertz CT molecular complexity index is 511. The van der Waals surface area contributed by atoms with E-state index in [2.05, 4.69) is 24.1 Å². The van der Waals surface area contributed by atoms with Gasteiger partial charge in [0.1, 0.15) is 5.82 Å². The van der Waals surface area contributed by atoms with Crippen molar-refractivity contribution in [1.82, 2.24) is 10.2 Å². The van der Waals surface area contributed by atoms with Gasteiger partial charge in [0.15, 0.2) is 0 Å². The summed E-state index contributed by atoms with van der Waals surface area (Å²) in [6.45, 7) is 9.55. The number of carbonyl (C=O) groups is 1. The number of rotatable bonds is 4. The van der Waals surface area contributed by atoms with Gasteiger partial charge in [-0.1, -0.05) is 6.07 Å². The van der Waals surface area contributed by atoms with Crippen LogP contribution in [0.1, 0.15) is 29.8 Å². The van der Waals surface area contributed by atoms with Crippen molar-refractivity contribution < 1.29 is 13.9 Å². The van der Waals surface area contributed by atoms with Gasteiger partial charge in [0.2, 0.25) is 0 Å². The molecule has 0 spiro atoms. The average molecular weight is 294 g/mol. The maximum Gasteiger partial charge on any atom is 0.251 e. The summed E-state index contributed by atoms with van der Waals surface area (Å²) >= 11 is 0. The maximum atomic E-state index is 13.5. The third-order valence-corrected chi connectivity index (χ3v) is 3.98. The number of amides is 1. The lowest BCUT2D eigenvalue weighted by Gasteiger charge is -2.40. The van der Waals surface area contributed by atoms with Crippen molar-refractivity contribution in [2.45, 2.75) is 26.3 Å².